The molecule has 1 amide bonds. The van der Waals surface area contributed by atoms with Crippen LogP contribution >= 0.6 is 0 Å². The van der Waals surface area contributed by atoms with Gasteiger partial charge in [-0.25, -0.2) is 8.42 Å². The number of fused-ring (bicyclic) bond motifs is 1. The first-order chi connectivity index (χ1) is 16.8. The van der Waals surface area contributed by atoms with Gasteiger partial charge in [-0.3, -0.25) is 4.79 Å². The van der Waals surface area contributed by atoms with Gasteiger partial charge in [0.2, 0.25) is 10.0 Å². The molecule has 2 aromatic carbocycles. The van der Waals surface area contributed by atoms with Gasteiger partial charge in [0.05, 0.1) is 17.1 Å². The summed E-state index contributed by atoms with van der Waals surface area (Å²) in [5.41, 5.74) is 1.21. The number of rotatable bonds is 5. The Hall–Kier alpha value is -3.41. The van der Waals surface area contributed by atoms with Crippen molar-refractivity contribution in [2.24, 2.45) is 0 Å². The molecule has 0 saturated carbocycles. The van der Waals surface area contributed by atoms with Gasteiger partial charge >= 0.3 is 0 Å². The lowest BCUT2D eigenvalue weighted by Crippen LogP contribution is -2.48. The first-order valence-corrected chi connectivity index (χ1v) is 12.7. The molecule has 2 atom stereocenters. The molecule has 35 heavy (non-hydrogen) atoms. The SMILES string of the molecule is C[C@@H]1CN(S(=O)(=O)c2ccc(NC(=O)c3cc(-c4ccc5c(c4)OCCO5)on3)cc2)C[C@H](C)O1. The zero-order valence-corrected chi connectivity index (χ0v) is 20.1. The number of benzene rings is 2. The number of nitrogens with one attached hydrogen (secondary N) is 1. The fourth-order valence-corrected chi connectivity index (χ4v) is 5.69. The molecule has 1 N–H and O–H groups in total. The van der Waals surface area contributed by atoms with E-state index in [4.69, 9.17) is 18.7 Å². The number of morpholine rings is 1. The third-order valence-corrected chi connectivity index (χ3v) is 7.55. The van der Waals surface area contributed by atoms with E-state index in [-0.39, 0.29) is 22.8 Å². The molecule has 5 rings (SSSR count). The molecule has 3 heterocycles. The van der Waals surface area contributed by atoms with E-state index in [1.54, 1.807) is 30.3 Å². The molecule has 184 valence electrons. The Kier molecular flexibility index (Phi) is 6.22. The van der Waals surface area contributed by atoms with Crippen LogP contribution in [0.5, 0.6) is 11.5 Å². The molecule has 11 heteroatoms. The number of carbonyl (C=O) groups excluding carboxylic acids is 1. The van der Waals surface area contributed by atoms with Crippen LogP contribution in [0.2, 0.25) is 0 Å². The fraction of sp³-hybridized carbons (Fsp3) is 0.333. The molecule has 1 saturated heterocycles. The lowest BCUT2D eigenvalue weighted by molar-refractivity contribution is -0.0440. The summed E-state index contributed by atoms with van der Waals surface area (Å²) in [5.74, 6) is 1.18. The number of ether oxygens (including phenoxy) is 3. The Balaban J connectivity index is 1.27. The number of carbonyl (C=O) groups is 1. The van der Waals surface area contributed by atoms with Crippen LogP contribution in [0.4, 0.5) is 5.69 Å². The number of anilines is 1. The Labute approximate surface area is 202 Å². The topological polar surface area (TPSA) is 120 Å². The molecule has 10 nitrogen and oxygen atoms in total. The van der Waals surface area contributed by atoms with Crippen LogP contribution in [-0.4, -0.2) is 62.3 Å². The largest absolute Gasteiger partial charge is 0.486 e. The van der Waals surface area contributed by atoms with Gasteiger partial charge in [-0.05, 0) is 56.3 Å². The Morgan fingerprint density at radius 1 is 0.971 bits per heavy atom. The summed E-state index contributed by atoms with van der Waals surface area (Å²) in [7, 11) is -3.67. The van der Waals surface area contributed by atoms with Gasteiger partial charge in [-0.1, -0.05) is 5.16 Å². The first kappa shape index (κ1) is 23.3. The number of amides is 1. The van der Waals surface area contributed by atoms with Crippen molar-refractivity contribution in [1.29, 1.82) is 0 Å². The summed E-state index contributed by atoms with van der Waals surface area (Å²) < 4.78 is 49.5. The molecule has 0 spiro atoms. The molecule has 1 aromatic heterocycles. The van der Waals surface area contributed by atoms with E-state index in [2.05, 4.69) is 10.5 Å². The van der Waals surface area contributed by atoms with Crippen LogP contribution in [0.25, 0.3) is 11.3 Å². The number of hydrogen-bond donors (Lipinski definition) is 1. The highest BCUT2D eigenvalue weighted by atomic mass is 32.2. The van der Waals surface area contributed by atoms with Crippen LogP contribution in [-0.2, 0) is 14.8 Å². The molecule has 0 radical (unpaired) electrons. The number of sulfonamides is 1. The fourth-order valence-electron chi connectivity index (χ4n) is 4.10. The molecular weight excluding hydrogens is 474 g/mol. The van der Waals surface area contributed by atoms with Crippen LogP contribution in [0, 0.1) is 0 Å². The molecule has 2 aliphatic heterocycles. The Morgan fingerprint density at radius 2 is 1.66 bits per heavy atom. The van der Waals surface area contributed by atoms with Crippen molar-refractivity contribution in [3.63, 3.8) is 0 Å². The van der Waals surface area contributed by atoms with Gasteiger partial charge in [-0.15, -0.1) is 0 Å². The quantitative estimate of drug-likeness (QED) is 0.568. The maximum atomic E-state index is 13.0. The summed E-state index contributed by atoms with van der Waals surface area (Å²) >= 11 is 0. The minimum absolute atomic E-state index is 0.0860. The Morgan fingerprint density at radius 3 is 2.37 bits per heavy atom. The lowest BCUT2D eigenvalue weighted by atomic mass is 10.1. The first-order valence-electron chi connectivity index (χ1n) is 11.2. The summed E-state index contributed by atoms with van der Waals surface area (Å²) in [6.45, 7) is 5.24. The van der Waals surface area contributed by atoms with Gasteiger partial charge in [-0.2, -0.15) is 4.31 Å². The summed E-state index contributed by atoms with van der Waals surface area (Å²) in [5, 5.41) is 6.57. The van der Waals surface area contributed by atoms with Crippen LogP contribution in [0.15, 0.2) is 57.9 Å². The predicted molar refractivity (Wildman–Crippen MR) is 126 cm³/mol. The second kappa shape index (κ2) is 9.33. The van der Waals surface area contributed by atoms with E-state index < -0.39 is 15.9 Å². The smallest absolute Gasteiger partial charge is 0.277 e. The summed E-state index contributed by atoms with van der Waals surface area (Å²) in [6, 6.07) is 12.9. The van der Waals surface area contributed by atoms with Gasteiger partial charge in [0.1, 0.15) is 13.2 Å². The van der Waals surface area contributed by atoms with E-state index in [0.717, 1.165) is 0 Å². The highest BCUT2D eigenvalue weighted by molar-refractivity contribution is 7.89. The van der Waals surface area contributed by atoms with Crippen molar-refractivity contribution in [3.05, 3.63) is 54.2 Å². The van der Waals surface area contributed by atoms with Crippen molar-refractivity contribution in [2.75, 3.05) is 31.6 Å². The molecular formula is C24H25N3O7S. The van der Waals surface area contributed by atoms with Crippen molar-refractivity contribution in [3.8, 4) is 22.8 Å². The van der Waals surface area contributed by atoms with Crippen molar-refractivity contribution in [2.45, 2.75) is 31.0 Å². The van der Waals surface area contributed by atoms with Gasteiger partial charge < -0.3 is 24.1 Å². The van der Waals surface area contributed by atoms with E-state index >= 15 is 0 Å². The summed E-state index contributed by atoms with van der Waals surface area (Å²) in [4.78, 5) is 12.8. The number of nitrogens with zero attached hydrogens (tertiary/aromatic N) is 2. The normalized spacial score (nSPS) is 20.4. The van der Waals surface area contributed by atoms with E-state index in [0.29, 0.717) is 54.8 Å². The maximum Gasteiger partial charge on any atom is 0.277 e. The zero-order valence-electron chi connectivity index (χ0n) is 19.3. The van der Waals surface area contributed by atoms with Crippen molar-refractivity contribution >= 4 is 21.6 Å². The molecule has 0 aliphatic carbocycles. The van der Waals surface area contributed by atoms with Crippen LogP contribution < -0.4 is 14.8 Å². The third-order valence-electron chi connectivity index (χ3n) is 5.71. The standard InChI is InChI=1S/C24H25N3O7S/c1-15-13-27(14-16(2)33-15)35(29,30)19-6-4-18(5-7-19)25-24(28)20-12-22(34-26-20)17-3-8-21-23(11-17)32-10-9-31-21/h3-8,11-12,15-16H,9-10,13-14H2,1-2H3,(H,25,28)/t15-,16+. The second-order valence-corrected chi connectivity index (χ2v) is 10.4. The van der Waals surface area contributed by atoms with Crippen molar-refractivity contribution < 1.29 is 31.9 Å². The molecule has 1 fully saturated rings. The molecule has 0 unspecified atom stereocenters. The average Bonchev–Trinajstić information content (AvgIpc) is 3.34. The second-order valence-electron chi connectivity index (χ2n) is 8.49. The van der Waals surface area contributed by atoms with Gasteiger partial charge in [0.15, 0.2) is 23.0 Å². The average molecular weight is 500 g/mol. The molecule has 0 bridgehead atoms. The zero-order chi connectivity index (χ0) is 24.6. The minimum atomic E-state index is -3.67. The highest BCUT2D eigenvalue weighted by Crippen LogP contribution is 2.34. The minimum Gasteiger partial charge on any atom is -0.486 e. The van der Waals surface area contributed by atoms with Crippen LogP contribution in [0.3, 0.4) is 0 Å². The Bertz CT molecular complexity index is 1330. The predicted octanol–water partition coefficient (Wildman–Crippen LogP) is 3.16. The van der Waals surface area contributed by atoms with E-state index in [9.17, 15) is 13.2 Å². The molecule has 2 aliphatic rings. The maximum absolute atomic E-state index is 13.0. The van der Waals surface area contributed by atoms with Gasteiger partial charge in [0.25, 0.3) is 5.91 Å². The van der Waals surface area contributed by atoms with Crippen LogP contribution in [0.1, 0.15) is 24.3 Å². The van der Waals surface area contributed by atoms with E-state index in [1.807, 2.05) is 13.8 Å². The van der Waals surface area contributed by atoms with E-state index in [1.165, 1.54) is 22.5 Å². The molecule has 3 aromatic rings. The number of aromatic nitrogens is 1. The number of hydrogen-bond acceptors (Lipinski definition) is 8. The lowest BCUT2D eigenvalue weighted by Gasteiger charge is -2.34. The highest BCUT2D eigenvalue weighted by Gasteiger charge is 2.32. The third kappa shape index (κ3) is 4.88. The van der Waals surface area contributed by atoms with Gasteiger partial charge in [0, 0.05) is 30.4 Å². The monoisotopic (exact) mass is 499 g/mol. The van der Waals surface area contributed by atoms with Crippen molar-refractivity contribution in [1.82, 2.24) is 9.46 Å². The summed E-state index contributed by atoms with van der Waals surface area (Å²) in [6.07, 6.45) is -0.358.